The van der Waals surface area contributed by atoms with Crippen molar-refractivity contribution >= 4 is 29.3 Å². The van der Waals surface area contributed by atoms with Gasteiger partial charge in [0.15, 0.2) is 11.5 Å². The molecule has 0 saturated heterocycles. The van der Waals surface area contributed by atoms with Crippen molar-refractivity contribution in [2.75, 3.05) is 33.6 Å². The van der Waals surface area contributed by atoms with Gasteiger partial charge in [-0.25, -0.2) is 9.80 Å². The Morgan fingerprint density at radius 3 is 2.67 bits per heavy atom. The third-order valence-corrected chi connectivity index (χ3v) is 6.12. The largest absolute Gasteiger partial charge is 0.454 e. The first-order chi connectivity index (χ1) is 17.2. The van der Waals surface area contributed by atoms with Crippen LogP contribution in [0.25, 0.3) is 0 Å². The second kappa shape index (κ2) is 10.8. The van der Waals surface area contributed by atoms with E-state index in [0.717, 1.165) is 11.1 Å². The first-order valence-electron chi connectivity index (χ1n) is 11.8. The highest BCUT2D eigenvalue weighted by molar-refractivity contribution is 6.34. The van der Waals surface area contributed by atoms with Gasteiger partial charge in [0.1, 0.15) is 6.54 Å². The molecule has 1 N–H and O–H groups in total. The minimum atomic E-state index is -0.455. The number of nitrogens with zero attached hydrogens (tertiary/aromatic N) is 3. The molecule has 192 valence electrons. The van der Waals surface area contributed by atoms with Crippen molar-refractivity contribution in [3.05, 3.63) is 58.6 Å². The number of urea groups is 1. The van der Waals surface area contributed by atoms with Crippen LogP contribution >= 0.6 is 11.6 Å². The monoisotopic (exact) mass is 514 g/mol. The molecular weight excluding hydrogens is 484 g/mol. The van der Waals surface area contributed by atoms with Crippen LogP contribution in [0.2, 0.25) is 5.02 Å². The van der Waals surface area contributed by atoms with Crippen LogP contribution in [0.4, 0.5) is 4.79 Å². The van der Waals surface area contributed by atoms with Crippen molar-refractivity contribution in [2.24, 2.45) is 5.10 Å². The van der Waals surface area contributed by atoms with Gasteiger partial charge in [-0.3, -0.25) is 4.79 Å². The molecule has 0 aromatic heterocycles. The van der Waals surface area contributed by atoms with Crippen molar-refractivity contribution in [1.29, 1.82) is 0 Å². The molecule has 0 radical (unpaired) electrons. The normalized spacial score (nSPS) is 16.6. The molecule has 2 heterocycles. The summed E-state index contributed by atoms with van der Waals surface area (Å²) in [7, 11) is 1.55. The lowest BCUT2D eigenvalue weighted by Gasteiger charge is -2.30. The molecule has 2 aromatic rings. The standard InChI is InChI=1S/C26H31ClN4O5/c1-26(2,3)28-25(33)30(11-12-34-4)15-24(32)31-21(17-9-10-22-23(13-17)36-16-35-22)14-20(29-31)18-7-5-6-8-19(18)27/h5-10,13,21H,11-12,14-16H2,1-4H3,(H,28,33)/t21-/m0/s1. The van der Waals surface area contributed by atoms with Gasteiger partial charge in [-0.05, 0) is 44.5 Å². The van der Waals surface area contributed by atoms with Gasteiger partial charge in [-0.1, -0.05) is 35.9 Å². The number of amides is 3. The smallest absolute Gasteiger partial charge is 0.318 e. The Balaban J connectivity index is 1.63. The zero-order chi connectivity index (χ0) is 25.9. The number of hydrogen-bond acceptors (Lipinski definition) is 6. The van der Waals surface area contributed by atoms with Gasteiger partial charge >= 0.3 is 6.03 Å². The molecule has 3 amide bonds. The van der Waals surface area contributed by atoms with Gasteiger partial charge in [0, 0.05) is 36.2 Å². The molecule has 2 aliphatic rings. The predicted molar refractivity (Wildman–Crippen MR) is 136 cm³/mol. The zero-order valence-electron chi connectivity index (χ0n) is 20.9. The summed E-state index contributed by atoms with van der Waals surface area (Å²) < 4.78 is 16.2. The lowest BCUT2D eigenvalue weighted by Crippen LogP contribution is -2.52. The first-order valence-corrected chi connectivity index (χ1v) is 12.1. The van der Waals surface area contributed by atoms with Crippen LogP contribution in [0, 0.1) is 0 Å². The van der Waals surface area contributed by atoms with Crippen LogP contribution in [-0.4, -0.2) is 66.7 Å². The van der Waals surface area contributed by atoms with Crippen LogP contribution < -0.4 is 14.8 Å². The van der Waals surface area contributed by atoms with E-state index in [2.05, 4.69) is 5.32 Å². The molecule has 36 heavy (non-hydrogen) atoms. The number of fused-ring (bicyclic) bond motifs is 1. The summed E-state index contributed by atoms with van der Waals surface area (Å²) in [6, 6.07) is 12.3. The quantitative estimate of drug-likeness (QED) is 0.597. The highest BCUT2D eigenvalue weighted by atomic mass is 35.5. The van der Waals surface area contributed by atoms with Crippen LogP contribution in [0.3, 0.4) is 0 Å². The average Bonchev–Trinajstić information content (AvgIpc) is 3.47. The lowest BCUT2D eigenvalue weighted by atomic mass is 9.98. The highest BCUT2D eigenvalue weighted by Crippen LogP contribution is 2.39. The number of methoxy groups -OCH3 is 1. The maximum absolute atomic E-state index is 13.6. The van der Waals surface area contributed by atoms with E-state index in [-0.39, 0.29) is 31.8 Å². The van der Waals surface area contributed by atoms with Gasteiger partial charge in [-0.2, -0.15) is 5.10 Å². The van der Waals surface area contributed by atoms with E-state index in [1.54, 1.807) is 13.2 Å². The minimum Gasteiger partial charge on any atom is -0.454 e. The summed E-state index contributed by atoms with van der Waals surface area (Å²) in [6.45, 7) is 6.21. The van der Waals surface area contributed by atoms with E-state index >= 15 is 0 Å². The molecule has 0 unspecified atom stereocenters. The Bertz CT molecular complexity index is 1160. The molecule has 0 saturated carbocycles. The molecule has 0 bridgehead atoms. The SMILES string of the molecule is COCCN(CC(=O)N1N=C(c2ccccc2Cl)C[C@H]1c1ccc2c(c1)OCO2)C(=O)NC(C)(C)C. The predicted octanol–water partition coefficient (Wildman–Crippen LogP) is 4.20. The van der Waals surface area contributed by atoms with Crippen molar-refractivity contribution in [3.8, 4) is 11.5 Å². The lowest BCUT2D eigenvalue weighted by molar-refractivity contribution is -0.133. The number of carbonyl (C=O) groups is 2. The minimum absolute atomic E-state index is 0.158. The third kappa shape index (κ3) is 5.91. The summed E-state index contributed by atoms with van der Waals surface area (Å²) >= 11 is 6.45. The van der Waals surface area contributed by atoms with Crippen LogP contribution in [0.5, 0.6) is 11.5 Å². The molecular formula is C26H31ClN4O5. The van der Waals surface area contributed by atoms with E-state index in [0.29, 0.717) is 35.3 Å². The number of halogens is 1. The summed E-state index contributed by atoms with van der Waals surface area (Å²) in [5.74, 6) is 0.962. The highest BCUT2D eigenvalue weighted by Gasteiger charge is 2.36. The van der Waals surface area contributed by atoms with Crippen molar-refractivity contribution < 1.29 is 23.8 Å². The van der Waals surface area contributed by atoms with E-state index in [4.69, 9.17) is 30.9 Å². The van der Waals surface area contributed by atoms with Gasteiger partial charge in [-0.15, -0.1) is 0 Å². The number of carbonyl (C=O) groups excluding carboxylic acids is 2. The molecule has 2 aromatic carbocycles. The summed E-state index contributed by atoms with van der Waals surface area (Å²) in [4.78, 5) is 28.0. The molecule has 1 atom stereocenters. The van der Waals surface area contributed by atoms with E-state index in [1.165, 1.54) is 9.91 Å². The maximum atomic E-state index is 13.6. The van der Waals surface area contributed by atoms with Crippen molar-refractivity contribution in [1.82, 2.24) is 15.2 Å². The van der Waals surface area contributed by atoms with Crippen LogP contribution in [0.1, 0.15) is 44.4 Å². The Hall–Kier alpha value is -3.30. The third-order valence-electron chi connectivity index (χ3n) is 5.79. The number of nitrogens with one attached hydrogen (secondary N) is 1. The van der Waals surface area contributed by atoms with Crippen molar-refractivity contribution in [3.63, 3.8) is 0 Å². The molecule has 0 spiro atoms. The molecule has 0 fully saturated rings. The number of ether oxygens (including phenoxy) is 3. The number of hydrogen-bond donors (Lipinski definition) is 1. The van der Waals surface area contributed by atoms with Gasteiger partial charge in [0.25, 0.3) is 5.91 Å². The topological polar surface area (TPSA) is 92.7 Å². The van der Waals surface area contributed by atoms with Gasteiger partial charge in [0.2, 0.25) is 6.79 Å². The second-order valence-corrected chi connectivity index (χ2v) is 10.1. The summed E-state index contributed by atoms with van der Waals surface area (Å²) in [5.41, 5.74) is 1.85. The summed E-state index contributed by atoms with van der Waals surface area (Å²) in [5, 5.41) is 9.61. The van der Waals surface area contributed by atoms with Crippen LogP contribution in [0.15, 0.2) is 47.6 Å². The first kappa shape index (κ1) is 25.8. The fraction of sp³-hybridized carbons (Fsp3) is 0.423. The number of benzene rings is 2. The molecule has 0 aliphatic carbocycles. The second-order valence-electron chi connectivity index (χ2n) is 9.69. The Morgan fingerprint density at radius 2 is 1.94 bits per heavy atom. The van der Waals surface area contributed by atoms with Crippen molar-refractivity contribution in [2.45, 2.75) is 38.8 Å². The average molecular weight is 515 g/mol. The van der Waals surface area contributed by atoms with E-state index in [9.17, 15) is 9.59 Å². The Kier molecular flexibility index (Phi) is 7.70. The van der Waals surface area contributed by atoms with Crippen LogP contribution in [-0.2, 0) is 9.53 Å². The number of hydrazone groups is 1. The fourth-order valence-electron chi connectivity index (χ4n) is 4.07. The number of rotatable bonds is 7. The Labute approximate surface area is 215 Å². The van der Waals surface area contributed by atoms with Gasteiger partial charge in [0.05, 0.1) is 18.4 Å². The molecule has 2 aliphatic heterocycles. The maximum Gasteiger partial charge on any atom is 0.318 e. The van der Waals surface area contributed by atoms with E-state index in [1.807, 2.05) is 57.2 Å². The molecule has 9 nitrogen and oxygen atoms in total. The zero-order valence-corrected chi connectivity index (χ0v) is 21.7. The van der Waals surface area contributed by atoms with E-state index < -0.39 is 11.6 Å². The Morgan fingerprint density at radius 1 is 1.19 bits per heavy atom. The molecule has 4 rings (SSSR count). The summed E-state index contributed by atoms with van der Waals surface area (Å²) in [6.07, 6.45) is 0.460. The van der Waals surface area contributed by atoms with Gasteiger partial charge < -0.3 is 24.4 Å². The fourth-order valence-corrected chi connectivity index (χ4v) is 4.31. The molecule has 10 heteroatoms.